The molecule has 2 aromatic carbocycles. The summed E-state index contributed by atoms with van der Waals surface area (Å²) in [7, 11) is 1.40. The van der Waals surface area contributed by atoms with E-state index in [1.54, 1.807) is 18.2 Å². The molecule has 1 unspecified atom stereocenters. The molecular weight excluding hydrogens is 347 g/mol. The summed E-state index contributed by atoms with van der Waals surface area (Å²) in [6, 6.07) is 10.7. The third-order valence-corrected chi connectivity index (χ3v) is 4.71. The van der Waals surface area contributed by atoms with Crippen LogP contribution in [-0.4, -0.2) is 25.8 Å². The average molecular weight is 367 g/mol. The number of methoxy groups -OCH3 is 1. The predicted molar refractivity (Wildman–Crippen MR) is 99.1 cm³/mol. The van der Waals surface area contributed by atoms with Gasteiger partial charge in [0.05, 0.1) is 30.9 Å². The summed E-state index contributed by atoms with van der Waals surface area (Å²) in [6.07, 6.45) is 0. The molecule has 0 saturated heterocycles. The van der Waals surface area contributed by atoms with Crippen molar-refractivity contribution in [2.75, 3.05) is 20.3 Å². The van der Waals surface area contributed by atoms with Gasteiger partial charge in [-0.15, -0.1) is 0 Å². The fraction of sp³-hybridized carbons (Fsp3) is 0.278. The van der Waals surface area contributed by atoms with Gasteiger partial charge in [-0.25, -0.2) is 0 Å². The number of hydrogen-bond donors (Lipinski definition) is 0. The molecule has 2 aromatic rings. The van der Waals surface area contributed by atoms with Crippen molar-refractivity contribution in [2.24, 2.45) is 0 Å². The lowest BCUT2D eigenvalue weighted by molar-refractivity contribution is 0.108. The van der Waals surface area contributed by atoms with Crippen LogP contribution in [0.4, 0.5) is 0 Å². The number of rotatable bonds is 8. The second-order valence-corrected chi connectivity index (χ2v) is 6.45. The summed E-state index contributed by atoms with van der Waals surface area (Å²) < 4.78 is 16.4. The largest absolute Gasteiger partial charge is 0.496 e. The summed E-state index contributed by atoms with van der Waals surface area (Å²) in [5, 5.41) is 1.20. The lowest BCUT2D eigenvalue weighted by atomic mass is 10.2. The first-order chi connectivity index (χ1) is 11.6. The molecule has 0 aliphatic rings. The number of hydrogen-bond acceptors (Lipinski definition) is 4. The van der Waals surface area contributed by atoms with E-state index in [1.165, 1.54) is 7.11 Å². The maximum absolute atomic E-state index is 12.7. The number of carbonyl (C=O) groups excluding carboxylic acids is 1. The Morgan fingerprint density at radius 2 is 1.83 bits per heavy atom. The smallest absolute Gasteiger partial charge is 0.190 e. The Morgan fingerprint density at radius 3 is 2.50 bits per heavy atom. The predicted octanol–water partition coefficient (Wildman–Crippen LogP) is 4.29. The highest BCUT2D eigenvalue weighted by atomic mass is 35.5. The highest BCUT2D eigenvalue weighted by Crippen LogP contribution is 2.34. The van der Waals surface area contributed by atoms with E-state index in [2.05, 4.69) is 0 Å². The lowest BCUT2D eigenvalue weighted by Crippen LogP contribution is -2.09. The van der Waals surface area contributed by atoms with Gasteiger partial charge < -0.3 is 14.2 Å². The normalized spacial score (nSPS) is 10.8. The topological polar surface area (TPSA) is 44.8 Å². The number of ether oxygens (including phenoxy) is 3. The van der Waals surface area contributed by atoms with E-state index < -0.39 is 0 Å². The molecule has 0 aliphatic carbocycles. The van der Waals surface area contributed by atoms with Crippen molar-refractivity contribution >= 4 is 31.0 Å². The number of halogens is 1. The van der Waals surface area contributed by atoms with E-state index in [0.717, 1.165) is 11.1 Å². The van der Waals surface area contributed by atoms with Crippen molar-refractivity contribution in [3.63, 3.8) is 0 Å². The van der Waals surface area contributed by atoms with Crippen molar-refractivity contribution in [3.8, 4) is 17.2 Å². The fourth-order valence-corrected chi connectivity index (χ4v) is 3.61. The van der Waals surface area contributed by atoms with Gasteiger partial charge in [0.15, 0.2) is 5.52 Å². The third-order valence-electron chi connectivity index (χ3n) is 3.23. The first-order valence-corrected chi connectivity index (χ1v) is 9.02. The minimum Gasteiger partial charge on any atom is -0.496 e. The van der Waals surface area contributed by atoms with Gasteiger partial charge in [0.25, 0.3) is 0 Å². The molecule has 0 N–H and O–H groups in total. The summed E-state index contributed by atoms with van der Waals surface area (Å²) in [6.45, 7) is 4.90. The van der Waals surface area contributed by atoms with Crippen molar-refractivity contribution in [2.45, 2.75) is 13.8 Å². The molecule has 0 fully saturated rings. The fourth-order valence-electron chi connectivity index (χ4n) is 2.22. The van der Waals surface area contributed by atoms with Crippen LogP contribution in [0.3, 0.4) is 0 Å². The Hall–Kier alpha value is -1.77. The maximum atomic E-state index is 12.7. The molecule has 1 atom stereocenters. The van der Waals surface area contributed by atoms with Crippen LogP contribution in [0, 0.1) is 0 Å². The van der Waals surface area contributed by atoms with E-state index >= 15 is 0 Å². The minimum absolute atomic E-state index is 0.0948. The Morgan fingerprint density at radius 1 is 1.08 bits per heavy atom. The monoisotopic (exact) mass is 366 g/mol. The van der Waals surface area contributed by atoms with Crippen LogP contribution in [0.5, 0.6) is 17.2 Å². The van der Waals surface area contributed by atoms with Gasteiger partial charge in [-0.05, 0) is 46.7 Å². The van der Waals surface area contributed by atoms with Gasteiger partial charge in [0.2, 0.25) is 0 Å². The van der Waals surface area contributed by atoms with Crippen LogP contribution in [0.25, 0.3) is 0 Å². The van der Waals surface area contributed by atoms with Crippen molar-refractivity contribution in [3.05, 3.63) is 47.0 Å². The van der Waals surface area contributed by atoms with E-state index in [4.69, 9.17) is 25.8 Å². The van der Waals surface area contributed by atoms with Crippen molar-refractivity contribution < 1.29 is 19.0 Å². The standard InChI is InChI=1S/C18H20ClO4P/c1-4-22-12-9-10-16(15(11-12)23-5-2)24-18(20)17-13(19)7-6-8-14(17)21-3/h6-11,24H,4-5H2,1-3H3. The highest BCUT2D eigenvalue weighted by molar-refractivity contribution is 7.66. The molecule has 2 rings (SSSR count). The van der Waals surface area contributed by atoms with Crippen LogP contribution in [-0.2, 0) is 0 Å². The molecule has 0 heterocycles. The van der Waals surface area contributed by atoms with E-state index in [-0.39, 0.29) is 14.1 Å². The SMILES string of the molecule is CCOc1ccc(PC(=O)c2c(Cl)cccc2OC)c(OCC)c1. The Bertz CT molecular complexity index is 718. The summed E-state index contributed by atoms with van der Waals surface area (Å²) in [4.78, 5) is 12.7. The van der Waals surface area contributed by atoms with Crippen LogP contribution in [0.1, 0.15) is 24.2 Å². The molecule has 24 heavy (non-hydrogen) atoms. The number of benzene rings is 2. The zero-order chi connectivity index (χ0) is 17.5. The van der Waals surface area contributed by atoms with E-state index in [9.17, 15) is 4.79 Å². The molecule has 0 aliphatic heterocycles. The van der Waals surface area contributed by atoms with Gasteiger partial charge >= 0.3 is 0 Å². The Balaban J connectivity index is 2.32. The Kier molecular flexibility index (Phi) is 6.89. The second-order valence-electron chi connectivity index (χ2n) is 4.80. The number of carbonyl (C=O) groups is 1. The van der Waals surface area contributed by atoms with Crippen LogP contribution >= 0.6 is 20.2 Å². The van der Waals surface area contributed by atoms with Gasteiger partial charge in [0.1, 0.15) is 17.2 Å². The molecular formula is C18H20ClO4P. The van der Waals surface area contributed by atoms with Crippen molar-refractivity contribution in [1.29, 1.82) is 0 Å². The molecule has 0 radical (unpaired) electrons. The quantitative estimate of drug-likeness (QED) is 0.654. The third kappa shape index (κ3) is 4.40. The zero-order valence-corrected chi connectivity index (χ0v) is 15.6. The maximum Gasteiger partial charge on any atom is 0.190 e. The first kappa shape index (κ1) is 18.6. The molecule has 0 saturated carbocycles. The minimum atomic E-state index is -0.125. The van der Waals surface area contributed by atoms with Crippen LogP contribution in [0.2, 0.25) is 5.02 Å². The molecule has 6 heteroatoms. The average Bonchev–Trinajstić information content (AvgIpc) is 2.57. The molecule has 0 aromatic heterocycles. The Labute approximate surface area is 148 Å². The van der Waals surface area contributed by atoms with Crippen LogP contribution in [0.15, 0.2) is 36.4 Å². The van der Waals surface area contributed by atoms with Gasteiger partial charge in [-0.2, -0.15) is 0 Å². The van der Waals surface area contributed by atoms with E-state index in [0.29, 0.717) is 35.3 Å². The van der Waals surface area contributed by atoms with Gasteiger partial charge in [-0.3, -0.25) is 4.79 Å². The summed E-state index contributed by atoms with van der Waals surface area (Å²) in [5.74, 6) is 1.85. The van der Waals surface area contributed by atoms with Gasteiger partial charge in [0, 0.05) is 11.4 Å². The van der Waals surface area contributed by atoms with Gasteiger partial charge in [-0.1, -0.05) is 17.7 Å². The van der Waals surface area contributed by atoms with Crippen LogP contribution < -0.4 is 19.5 Å². The highest BCUT2D eigenvalue weighted by Gasteiger charge is 2.19. The first-order valence-electron chi connectivity index (χ1n) is 7.64. The molecule has 4 nitrogen and oxygen atoms in total. The second kappa shape index (κ2) is 8.91. The molecule has 128 valence electrons. The summed E-state index contributed by atoms with van der Waals surface area (Å²) >= 11 is 6.19. The van der Waals surface area contributed by atoms with E-state index in [1.807, 2.05) is 32.0 Å². The molecule has 0 bridgehead atoms. The zero-order valence-electron chi connectivity index (χ0n) is 13.9. The van der Waals surface area contributed by atoms with Crippen molar-refractivity contribution in [1.82, 2.24) is 0 Å². The molecule has 0 spiro atoms. The lowest BCUT2D eigenvalue weighted by Gasteiger charge is -2.13. The molecule has 0 amide bonds. The summed E-state index contributed by atoms with van der Waals surface area (Å²) in [5.41, 5.74) is 0.305.